The number of carbonyl (C=O) groups is 1. The van der Waals surface area contributed by atoms with Gasteiger partial charge < -0.3 is 15.0 Å². The van der Waals surface area contributed by atoms with Crippen molar-refractivity contribution < 1.29 is 9.53 Å². The molecule has 2 heterocycles. The Morgan fingerprint density at radius 1 is 1.32 bits per heavy atom. The fourth-order valence-electron chi connectivity index (χ4n) is 2.72. The molecule has 1 amide bonds. The van der Waals surface area contributed by atoms with E-state index in [1.54, 1.807) is 0 Å². The van der Waals surface area contributed by atoms with Gasteiger partial charge >= 0.3 is 0 Å². The van der Waals surface area contributed by atoms with Crippen LogP contribution in [-0.2, 0) is 9.53 Å². The van der Waals surface area contributed by atoms with E-state index in [1.807, 2.05) is 11.9 Å². The van der Waals surface area contributed by atoms with Crippen molar-refractivity contribution in [3.8, 4) is 0 Å². The van der Waals surface area contributed by atoms with E-state index in [1.165, 1.54) is 0 Å². The molecule has 2 aliphatic heterocycles. The SMILES string of the molecule is CN(CCC1CCOCC1)C(=O)CN1CCNCC1. The Bertz CT molecular complexity index is 274. The van der Waals surface area contributed by atoms with Crippen LogP contribution in [0, 0.1) is 5.92 Å². The second kappa shape index (κ2) is 7.82. The molecule has 0 saturated carbocycles. The van der Waals surface area contributed by atoms with Crippen LogP contribution in [0.2, 0.25) is 0 Å². The van der Waals surface area contributed by atoms with Gasteiger partial charge in [-0.1, -0.05) is 0 Å². The second-order valence-electron chi connectivity index (χ2n) is 5.69. The lowest BCUT2D eigenvalue weighted by Crippen LogP contribution is -2.48. The number of carbonyl (C=O) groups excluding carboxylic acids is 1. The van der Waals surface area contributed by atoms with Gasteiger partial charge in [-0.2, -0.15) is 0 Å². The largest absolute Gasteiger partial charge is 0.381 e. The third-order valence-corrected chi connectivity index (χ3v) is 4.21. The second-order valence-corrected chi connectivity index (χ2v) is 5.69. The summed E-state index contributed by atoms with van der Waals surface area (Å²) >= 11 is 0. The predicted molar refractivity (Wildman–Crippen MR) is 75.1 cm³/mol. The smallest absolute Gasteiger partial charge is 0.236 e. The number of likely N-dealkylation sites (N-methyl/N-ethyl adjacent to an activating group) is 1. The van der Waals surface area contributed by atoms with Crippen molar-refractivity contribution in [2.75, 3.05) is 59.5 Å². The fraction of sp³-hybridized carbons (Fsp3) is 0.929. The summed E-state index contributed by atoms with van der Waals surface area (Å²) in [7, 11) is 1.93. The van der Waals surface area contributed by atoms with E-state index in [-0.39, 0.29) is 5.91 Å². The first kappa shape index (κ1) is 14.8. The molecule has 0 bridgehead atoms. The number of hydrogen-bond donors (Lipinski definition) is 1. The Kier molecular flexibility index (Phi) is 6.07. The number of rotatable bonds is 5. The van der Waals surface area contributed by atoms with E-state index < -0.39 is 0 Å². The maximum absolute atomic E-state index is 12.1. The van der Waals surface area contributed by atoms with E-state index in [9.17, 15) is 4.79 Å². The summed E-state index contributed by atoms with van der Waals surface area (Å²) in [4.78, 5) is 16.3. The van der Waals surface area contributed by atoms with Gasteiger partial charge in [-0.25, -0.2) is 0 Å². The van der Waals surface area contributed by atoms with Crippen LogP contribution < -0.4 is 5.32 Å². The highest BCUT2D eigenvalue weighted by molar-refractivity contribution is 5.77. The first-order chi connectivity index (χ1) is 9.25. The Morgan fingerprint density at radius 3 is 2.68 bits per heavy atom. The maximum atomic E-state index is 12.1. The van der Waals surface area contributed by atoms with Crippen LogP contribution in [0.15, 0.2) is 0 Å². The number of nitrogens with one attached hydrogen (secondary N) is 1. The molecule has 0 aromatic heterocycles. The number of hydrogen-bond acceptors (Lipinski definition) is 4. The summed E-state index contributed by atoms with van der Waals surface area (Å²) in [6.07, 6.45) is 3.42. The zero-order chi connectivity index (χ0) is 13.5. The number of amides is 1. The molecular formula is C14H27N3O2. The minimum absolute atomic E-state index is 0.258. The van der Waals surface area contributed by atoms with Crippen molar-refractivity contribution in [1.29, 1.82) is 0 Å². The molecule has 5 nitrogen and oxygen atoms in total. The standard InChI is InChI=1S/C14H27N3O2/c1-16(7-2-13-3-10-19-11-4-13)14(18)12-17-8-5-15-6-9-17/h13,15H,2-12H2,1H3. The summed E-state index contributed by atoms with van der Waals surface area (Å²) < 4.78 is 5.36. The summed E-state index contributed by atoms with van der Waals surface area (Å²) in [5.74, 6) is 0.997. The van der Waals surface area contributed by atoms with Crippen LogP contribution in [0.1, 0.15) is 19.3 Å². The average molecular weight is 269 g/mol. The molecule has 110 valence electrons. The minimum Gasteiger partial charge on any atom is -0.381 e. The molecule has 0 atom stereocenters. The van der Waals surface area contributed by atoms with Gasteiger partial charge in [-0.3, -0.25) is 9.69 Å². The molecular weight excluding hydrogens is 242 g/mol. The predicted octanol–water partition coefficient (Wildman–Crippen LogP) is 0.167. The highest BCUT2D eigenvalue weighted by Crippen LogP contribution is 2.18. The van der Waals surface area contributed by atoms with Crippen molar-refractivity contribution in [3.05, 3.63) is 0 Å². The molecule has 19 heavy (non-hydrogen) atoms. The molecule has 0 spiro atoms. The van der Waals surface area contributed by atoms with Gasteiger partial charge in [0.1, 0.15) is 0 Å². The maximum Gasteiger partial charge on any atom is 0.236 e. The summed E-state index contributed by atoms with van der Waals surface area (Å²) in [5.41, 5.74) is 0. The van der Waals surface area contributed by atoms with E-state index in [0.29, 0.717) is 6.54 Å². The van der Waals surface area contributed by atoms with Crippen LogP contribution in [0.5, 0.6) is 0 Å². The molecule has 2 saturated heterocycles. The van der Waals surface area contributed by atoms with Crippen molar-refractivity contribution in [1.82, 2.24) is 15.1 Å². The number of nitrogens with zero attached hydrogens (tertiary/aromatic N) is 2. The van der Waals surface area contributed by atoms with E-state index in [4.69, 9.17) is 4.74 Å². The highest BCUT2D eigenvalue weighted by atomic mass is 16.5. The molecule has 5 heteroatoms. The van der Waals surface area contributed by atoms with Crippen LogP contribution in [0.25, 0.3) is 0 Å². The summed E-state index contributed by atoms with van der Waals surface area (Å²) in [6, 6.07) is 0. The van der Waals surface area contributed by atoms with Crippen molar-refractivity contribution >= 4 is 5.91 Å². The Morgan fingerprint density at radius 2 is 2.00 bits per heavy atom. The lowest BCUT2D eigenvalue weighted by atomic mass is 9.96. The monoisotopic (exact) mass is 269 g/mol. The molecule has 0 aliphatic carbocycles. The fourth-order valence-corrected chi connectivity index (χ4v) is 2.72. The molecule has 0 aromatic carbocycles. The molecule has 2 aliphatic rings. The van der Waals surface area contributed by atoms with Gasteiger partial charge in [0.25, 0.3) is 0 Å². The zero-order valence-corrected chi connectivity index (χ0v) is 12.1. The van der Waals surface area contributed by atoms with Gasteiger partial charge in [-0.15, -0.1) is 0 Å². The molecule has 0 unspecified atom stereocenters. The van der Waals surface area contributed by atoms with Gasteiger partial charge in [0.2, 0.25) is 5.91 Å². The summed E-state index contributed by atoms with van der Waals surface area (Å²) in [5, 5.41) is 3.31. The molecule has 0 aromatic rings. The van der Waals surface area contributed by atoms with Crippen LogP contribution >= 0.6 is 0 Å². The van der Waals surface area contributed by atoms with Crippen molar-refractivity contribution in [3.63, 3.8) is 0 Å². The third-order valence-electron chi connectivity index (χ3n) is 4.21. The first-order valence-corrected chi connectivity index (χ1v) is 7.50. The lowest BCUT2D eigenvalue weighted by molar-refractivity contribution is -0.131. The van der Waals surface area contributed by atoms with Crippen molar-refractivity contribution in [2.45, 2.75) is 19.3 Å². The van der Waals surface area contributed by atoms with E-state index in [2.05, 4.69) is 10.2 Å². The summed E-state index contributed by atoms with van der Waals surface area (Å²) in [6.45, 7) is 7.21. The van der Waals surface area contributed by atoms with Crippen LogP contribution in [0.3, 0.4) is 0 Å². The van der Waals surface area contributed by atoms with E-state index >= 15 is 0 Å². The average Bonchev–Trinajstić information content (AvgIpc) is 2.47. The van der Waals surface area contributed by atoms with Crippen molar-refractivity contribution in [2.24, 2.45) is 5.92 Å². The van der Waals surface area contributed by atoms with Gasteiger partial charge in [0, 0.05) is 53.0 Å². The van der Waals surface area contributed by atoms with E-state index in [0.717, 1.165) is 71.1 Å². The minimum atomic E-state index is 0.258. The Labute approximate surface area is 116 Å². The molecule has 0 radical (unpaired) electrons. The van der Waals surface area contributed by atoms with Gasteiger partial charge in [0.05, 0.1) is 6.54 Å². The normalized spacial score (nSPS) is 22.4. The highest BCUT2D eigenvalue weighted by Gasteiger charge is 2.18. The Hall–Kier alpha value is -0.650. The zero-order valence-electron chi connectivity index (χ0n) is 12.1. The quantitative estimate of drug-likeness (QED) is 0.772. The number of piperazine rings is 1. The van der Waals surface area contributed by atoms with Gasteiger partial charge in [-0.05, 0) is 25.2 Å². The third kappa shape index (κ3) is 5.09. The van der Waals surface area contributed by atoms with Crippen LogP contribution in [0.4, 0.5) is 0 Å². The number of ether oxygens (including phenoxy) is 1. The Balaban J connectivity index is 1.63. The first-order valence-electron chi connectivity index (χ1n) is 7.50. The van der Waals surface area contributed by atoms with Gasteiger partial charge in [0.15, 0.2) is 0 Å². The molecule has 1 N–H and O–H groups in total. The lowest BCUT2D eigenvalue weighted by Gasteiger charge is -2.29. The molecule has 2 rings (SSSR count). The van der Waals surface area contributed by atoms with Crippen LogP contribution in [-0.4, -0.2) is 75.2 Å². The topological polar surface area (TPSA) is 44.8 Å². The molecule has 2 fully saturated rings.